The lowest BCUT2D eigenvalue weighted by molar-refractivity contribution is -0.125. The van der Waals surface area contributed by atoms with E-state index in [9.17, 15) is 14.0 Å². The first-order valence-corrected chi connectivity index (χ1v) is 7.28. The average Bonchev–Trinajstić information content (AvgIpc) is 2.48. The molecular weight excluding hydrogens is 327 g/mol. The van der Waals surface area contributed by atoms with Crippen LogP contribution in [0.15, 0.2) is 22.7 Å². The van der Waals surface area contributed by atoms with Crippen LogP contribution in [-0.4, -0.2) is 36.9 Å². The van der Waals surface area contributed by atoms with Gasteiger partial charge >= 0.3 is 0 Å². The van der Waals surface area contributed by atoms with Gasteiger partial charge in [-0.2, -0.15) is 0 Å². The fraction of sp³-hybridized carbons (Fsp3) is 0.429. The van der Waals surface area contributed by atoms with Gasteiger partial charge in [0, 0.05) is 20.1 Å². The van der Waals surface area contributed by atoms with Gasteiger partial charge in [-0.1, -0.05) is 6.07 Å². The summed E-state index contributed by atoms with van der Waals surface area (Å²) in [7, 11) is 1.59. The van der Waals surface area contributed by atoms with Gasteiger partial charge in [0.2, 0.25) is 5.91 Å². The van der Waals surface area contributed by atoms with Crippen LogP contribution in [0.5, 0.6) is 0 Å². The molecule has 1 aromatic rings. The fourth-order valence-corrected chi connectivity index (χ4v) is 2.85. The van der Waals surface area contributed by atoms with Gasteiger partial charge in [-0.15, -0.1) is 0 Å². The standard InChI is InChI=1S/C14H16BrFN2O2/c1-17-13(19)9-4-3-7-18(8-9)14(20)10-5-2-6-11(16)12(10)15/h2,5-6,9H,3-4,7-8H2,1H3,(H,17,19). The topological polar surface area (TPSA) is 49.4 Å². The number of nitrogens with zero attached hydrogens (tertiary/aromatic N) is 1. The van der Waals surface area contributed by atoms with Gasteiger partial charge < -0.3 is 10.2 Å². The molecule has 0 spiro atoms. The monoisotopic (exact) mass is 342 g/mol. The number of hydrogen-bond acceptors (Lipinski definition) is 2. The molecular formula is C14H16BrFN2O2. The Morgan fingerprint density at radius 2 is 2.20 bits per heavy atom. The van der Waals surface area contributed by atoms with Crippen LogP contribution < -0.4 is 5.32 Å². The van der Waals surface area contributed by atoms with Crippen molar-refractivity contribution >= 4 is 27.7 Å². The van der Waals surface area contributed by atoms with E-state index in [2.05, 4.69) is 21.2 Å². The Hall–Kier alpha value is -1.43. The Morgan fingerprint density at radius 3 is 2.90 bits per heavy atom. The van der Waals surface area contributed by atoms with Gasteiger partial charge in [-0.3, -0.25) is 9.59 Å². The van der Waals surface area contributed by atoms with Gasteiger partial charge in [0.1, 0.15) is 5.82 Å². The summed E-state index contributed by atoms with van der Waals surface area (Å²) in [6.45, 7) is 0.969. The van der Waals surface area contributed by atoms with Crippen LogP contribution in [0.4, 0.5) is 4.39 Å². The molecule has 4 nitrogen and oxygen atoms in total. The molecule has 1 aliphatic heterocycles. The number of amides is 2. The van der Waals surface area contributed by atoms with Crippen LogP contribution in [-0.2, 0) is 4.79 Å². The van der Waals surface area contributed by atoms with E-state index in [-0.39, 0.29) is 22.2 Å². The predicted molar refractivity (Wildman–Crippen MR) is 76.8 cm³/mol. The maximum Gasteiger partial charge on any atom is 0.255 e. The molecule has 0 aromatic heterocycles. The maximum atomic E-state index is 13.5. The molecule has 1 fully saturated rings. The molecule has 1 atom stereocenters. The Labute approximate surface area is 125 Å². The lowest BCUT2D eigenvalue weighted by Crippen LogP contribution is -2.44. The van der Waals surface area contributed by atoms with E-state index < -0.39 is 5.82 Å². The van der Waals surface area contributed by atoms with Crippen molar-refractivity contribution in [2.75, 3.05) is 20.1 Å². The smallest absolute Gasteiger partial charge is 0.255 e. The number of piperidine rings is 1. The van der Waals surface area contributed by atoms with Crippen LogP contribution >= 0.6 is 15.9 Å². The van der Waals surface area contributed by atoms with Crippen LogP contribution in [0.2, 0.25) is 0 Å². The highest BCUT2D eigenvalue weighted by Gasteiger charge is 2.29. The van der Waals surface area contributed by atoms with Gasteiger partial charge in [0.25, 0.3) is 5.91 Å². The molecule has 2 rings (SSSR count). The number of carbonyl (C=O) groups excluding carboxylic acids is 2. The molecule has 1 unspecified atom stereocenters. The maximum absolute atomic E-state index is 13.5. The third-order valence-electron chi connectivity index (χ3n) is 3.51. The van der Waals surface area contributed by atoms with Crippen molar-refractivity contribution in [1.82, 2.24) is 10.2 Å². The second-order valence-electron chi connectivity index (χ2n) is 4.81. The highest BCUT2D eigenvalue weighted by atomic mass is 79.9. The molecule has 6 heteroatoms. The van der Waals surface area contributed by atoms with Gasteiger partial charge in [0.05, 0.1) is 16.0 Å². The SMILES string of the molecule is CNC(=O)C1CCCN(C(=O)c2cccc(F)c2Br)C1. The number of nitrogens with one attached hydrogen (secondary N) is 1. The number of rotatable bonds is 2. The summed E-state index contributed by atoms with van der Waals surface area (Å²) < 4.78 is 13.7. The second-order valence-corrected chi connectivity index (χ2v) is 5.60. The molecule has 1 aromatic carbocycles. The van der Waals surface area contributed by atoms with E-state index in [1.54, 1.807) is 18.0 Å². The summed E-state index contributed by atoms with van der Waals surface area (Å²) in [4.78, 5) is 25.7. The molecule has 1 heterocycles. The minimum Gasteiger partial charge on any atom is -0.359 e. The number of carbonyl (C=O) groups is 2. The first-order valence-electron chi connectivity index (χ1n) is 6.49. The quantitative estimate of drug-likeness (QED) is 0.895. The Morgan fingerprint density at radius 1 is 1.45 bits per heavy atom. The first-order chi connectivity index (χ1) is 9.54. The van der Waals surface area contributed by atoms with Crippen molar-refractivity contribution in [2.45, 2.75) is 12.8 Å². The van der Waals surface area contributed by atoms with Crippen molar-refractivity contribution in [3.63, 3.8) is 0 Å². The van der Waals surface area contributed by atoms with Crippen LogP contribution in [0.25, 0.3) is 0 Å². The van der Waals surface area contributed by atoms with Crippen LogP contribution in [0, 0.1) is 11.7 Å². The van der Waals surface area contributed by atoms with Gasteiger partial charge in [-0.05, 0) is 40.9 Å². The zero-order chi connectivity index (χ0) is 14.7. The minimum absolute atomic E-state index is 0.0548. The zero-order valence-electron chi connectivity index (χ0n) is 11.2. The van der Waals surface area contributed by atoms with Gasteiger partial charge in [-0.25, -0.2) is 4.39 Å². The highest BCUT2D eigenvalue weighted by Crippen LogP contribution is 2.24. The van der Waals surface area contributed by atoms with Crippen molar-refractivity contribution in [3.05, 3.63) is 34.1 Å². The molecule has 1 saturated heterocycles. The normalized spacial score (nSPS) is 18.8. The van der Waals surface area contributed by atoms with E-state index in [4.69, 9.17) is 0 Å². The number of hydrogen-bond donors (Lipinski definition) is 1. The molecule has 0 aliphatic carbocycles. The van der Waals surface area contributed by atoms with Crippen molar-refractivity contribution in [2.24, 2.45) is 5.92 Å². The molecule has 0 bridgehead atoms. The summed E-state index contributed by atoms with van der Waals surface area (Å²) in [5, 5.41) is 2.61. The zero-order valence-corrected chi connectivity index (χ0v) is 12.7. The fourth-order valence-electron chi connectivity index (χ4n) is 2.42. The highest BCUT2D eigenvalue weighted by molar-refractivity contribution is 9.10. The molecule has 1 N–H and O–H groups in total. The lowest BCUT2D eigenvalue weighted by atomic mass is 9.96. The number of halogens is 2. The third kappa shape index (κ3) is 3.00. The number of likely N-dealkylation sites (tertiary alicyclic amines) is 1. The molecule has 1 aliphatic rings. The van der Waals surface area contributed by atoms with E-state index in [0.717, 1.165) is 12.8 Å². The summed E-state index contributed by atoms with van der Waals surface area (Å²) in [5.41, 5.74) is 0.294. The average molecular weight is 343 g/mol. The largest absolute Gasteiger partial charge is 0.359 e. The van der Waals surface area contributed by atoms with Crippen LogP contribution in [0.1, 0.15) is 23.2 Å². The van der Waals surface area contributed by atoms with E-state index >= 15 is 0 Å². The lowest BCUT2D eigenvalue weighted by Gasteiger charge is -2.32. The molecule has 2 amide bonds. The third-order valence-corrected chi connectivity index (χ3v) is 4.31. The summed E-state index contributed by atoms with van der Waals surface area (Å²) in [6, 6.07) is 4.39. The van der Waals surface area contributed by atoms with Gasteiger partial charge in [0.15, 0.2) is 0 Å². The Bertz CT molecular complexity index is 536. The van der Waals surface area contributed by atoms with Crippen LogP contribution in [0.3, 0.4) is 0 Å². The minimum atomic E-state index is -0.462. The molecule has 20 heavy (non-hydrogen) atoms. The van der Waals surface area contributed by atoms with Crippen molar-refractivity contribution in [1.29, 1.82) is 0 Å². The number of benzene rings is 1. The summed E-state index contributed by atoms with van der Waals surface area (Å²) in [6.07, 6.45) is 1.55. The predicted octanol–water partition coefficient (Wildman–Crippen LogP) is 2.19. The van der Waals surface area contributed by atoms with Crippen molar-refractivity contribution in [3.8, 4) is 0 Å². The second kappa shape index (κ2) is 6.35. The Kier molecular flexibility index (Phi) is 4.75. The molecule has 0 saturated carbocycles. The summed E-state index contributed by atoms with van der Waals surface area (Å²) in [5.74, 6) is -0.952. The van der Waals surface area contributed by atoms with E-state index in [1.807, 2.05) is 0 Å². The van der Waals surface area contributed by atoms with E-state index in [1.165, 1.54) is 12.1 Å². The van der Waals surface area contributed by atoms with Crippen molar-refractivity contribution < 1.29 is 14.0 Å². The van der Waals surface area contributed by atoms with E-state index in [0.29, 0.717) is 18.7 Å². The molecule has 0 radical (unpaired) electrons. The first kappa shape index (κ1) is 15.0. The molecule has 108 valence electrons. The summed E-state index contributed by atoms with van der Waals surface area (Å²) >= 11 is 3.10. The Balaban J connectivity index is 2.16.